The van der Waals surface area contributed by atoms with Crippen molar-refractivity contribution in [2.75, 3.05) is 18.5 Å². The molecule has 0 aliphatic carbocycles. The largest absolute Gasteiger partial charge is 0.461 e. The SMILES string of the molecule is CC(=O)Nc1cc2c(-c3ccc4c(n3)C3(CCOC3)OC(C)(C)O4)cn(C)c2cn1. The van der Waals surface area contributed by atoms with Crippen LogP contribution in [0, 0.1) is 0 Å². The van der Waals surface area contributed by atoms with E-state index in [0.29, 0.717) is 19.0 Å². The predicted octanol–water partition coefficient (Wildman–Crippen LogP) is 3.35. The third kappa shape index (κ3) is 3.03. The molecule has 30 heavy (non-hydrogen) atoms. The smallest absolute Gasteiger partial charge is 0.222 e. The van der Waals surface area contributed by atoms with Gasteiger partial charge in [0.15, 0.2) is 0 Å². The average Bonchev–Trinajstić information content (AvgIpc) is 3.25. The van der Waals surface area contributed by atoms with Crippen molar-refractivity contribution in [3.05, 3.63) is 36.3 Å². The highest BCUT2D eigenvalue weighted by atomic mass is 16.7. The molecular formula is C22H24N4O4. The van der Waals surface area contributed by atoms with Gasteiger partial charge < -0.3 is 24.1 Å². The fourth-order valence-corrected chi connectivity index (χ4v) is 4.35. The second-order valence-corrected chi connectivity index (χ2v) is 8.37. The lowest BCUT2D eigenvalue weighted by Gasteiger charge is -2.42. The van der Waals surface area contributed by atoms with Crippen LogP contribution in [-0.2, 0) is 26.9 Å². The van der Waals surface area contributed by atoms with E-state index in [0.717, 1.165) is 40.0 Å². The highest BCUT2D eigenvalue weighted by Crippen LogP contribution is 2.47. The molecule has 156 valence electrons. The first-order chi connectivity index (χ1) is 14.3. The van der Waals surface area contributed by atoms with Gasteiger partial charge >= 0.3 is 0 Å². The number of nitrogens with one attached hydrogen (secondary N) is 1. The summed E-state index contributed by atoms with van der Waals surface area (Å²) in [6, 6.07) is 5.78. The van der Waals surface area contributed by atoms with E-state index in [2.05, 4.69) is 10.3 Å². The highest BCUT2D eigenvalue weighted by Gasteiger charge is 2.50. The number of amides is 1. The zero-order valence-corrected chi connectivity index (χ0v) is 17.5. The lowest BCUT2D eigenvalue weighted by molar-refractivity contribution is -0.254. The molecule has 2 aliphatic rings. The Bertz CT molecular complexity index is 1160. The quantitative estimate of drug-likeness (QED) is 0.700. The molecule has 3 aromatic heterocycles. The van der Waals surface area contributed by atoms with Gasteiger partial charge in [-0.2, -0.15) is 0 Å². The van der Waals surface area contributed by atoms with Crippen molar-refractivity contribution in [3.8, 4) is 17.0 Å². The van der Waals surface area contributed by atoms with Crippen molar-refractivity contribution >= 4 is 22.6 Å². The summed E-state index contributed by atoms with van der Waals surface area (Å²) in [6.45, 7) is 6.36. The summed E-state index contributed by atoms with van der Waals surface area (Å²) in [4.78, 5) is 20.8. The van der Waals surface area contributed by atoms with Crippen molar-refractivity contribution in [2.24, 2.45) is 7.05 Å². The lowest BCUT2D eigenvalue weighted by Crippen LogP contribution is -2.48. The third-order valence-electron chi connectivity index (χ3n) is 5.53. The Morgan fingerprint density at radius 1 is 1.30 bits per heavy atom. The van der Waals surface area contributed by atoms with Crippen LogP contribution in [0.4, 0.5) is 5.82 Å². The number of nitrogens with zero attached hydrogens (tertiary/aromatic N) is 3. The molecule has 8 heteroatoms. The fraction of sp³-hybridized carbons (Fsp3) is 0.409. The first kappa shape index (κ1) is 19.0. The molecule has 5 heterocycles. The van der Waals surface area contributed by atoms with Gasteiger partial charge in [0.1, 0.15) is 22.9 Å². The number of anilines is 1. The molecule has 0 bridgehead atoms. The number of aromatic nitrogens is 3. The summed E-state index contributed by atoms with van der Waals surface area (Å²) in [7, 11) is 1.96. The fourth-order valence-electron chi connectivity index (χ4n) is 4.35. The number of carbonyl (C=O) groups excluding carboxylic acids is 1. The van der Waals surface area contributed by atoms with Gasteiger partial charge in [-0.15, -0.1) is 0 Å². The first-order valence-electron chi connectivity index (χ1n) is 9.98. The zero-order valence-electron chi connectivity index (χ0n) is 17.5. The standard InChI is InChI=1S/C22H24N4O4/c1-13(27)24-19-9-14-15(11-26(4)17(14)10-23-19)16-5-6-18-20(25-16)22(7-8-28-12-22)30-21(2,3)29-18/h5-6,9-11H,7-8,12H2,1-4H3,(H,23,24,27). The summed E-state index contributed by atoms with van der Waals surface area (Å²) in [6.07, 6.45) is 4.50. The number of ether oxygens (including phenoxy) is 3. The average molecular weight is 408 g/mol. The molecule has 1 saturated heterocycles. The minimum atomic E-state index is -0.748. The van der Waals surface area contributed by atoms with Gasteiger partial charge in [0.25, 0.3) is 0 Å². The van der Waals surface area contributed by atoms with E-state index in [1.54, 1.807) is 6.20 Å². The minimum Gasteiger partial charge on any atom is -0.461 e. The number of fused-ring (bicyclic) bond motifs is 3. The molecule has 5 rings (SSSR count). The molecule has 8 nitrogen and oxygen atoms in total. The van der Waals surface area contributed by atoms with Crippen LogP contribution >= 0.6 is 0 Å². The Kier molecular flexibility index (Phi) is 4.13. The van der Waals surface area contributed by atoms with Gasteiger partial charge in [-0.25, -0.2) is 9.97 Å². The highest BCUT2D eigenvalue weighted by molar-refractivity contribution is 5.98. The van der Waals surface area contributed by atoms with E-state index in [1.807, 2.05) is 49.9 Å². The molecule has 1 fully saturated rings. The monoisotopic (exact) mass is 408 g/mol. The molecule has 3 aromatic rings. The maximum atomic E-state index is 11.5. The van der Waals surface area contributed by atoms with Crippen LogP contribution in [0.1, 0.15) is 32.9 Å². The molecule has 2 aliphatic heterocycles. The van der Waals surface area contributed by atoms with Crippen LogP contribution in [0.5, 0.6) is 5.75 Å². The van der Waals surface area contributed by atoms with Crippen molar-refractivity contribution in [2.45, 2.75) is 38.6 Å². The van der Waals surface area contributed by atoms with Gasteiger partial charge in [-0.3, -0.25) is 4.79 Å². The van der Waals surface area contributed by atoms with Crippen molar-refractivity contribution in [1.82, 2.24) is 14.5 Å². The van der Waals surface area contributed by atoms with Crippen LogP contribution in [0.2, 0.25) is 0 Å². The van der Waals surface area contributed by atoms with Gasteiger partial charge in [0.2, 0.25) is 11.7 Å². The molecule has 0 saturated carbocycles. The maximum Gasteiger partial charge on any atom is 0.222 e. The Morgan fingerprint density at radius 3 is 2.87 bits per heavy atom. The number of hydrogen-bond acceptors (Lipinski definition) is 6. The zero-order chi connectivity index (χ0) is 21.1. The molecule has 1 spiro atoms. The molecule has 0 radical (unpaired) electrons. The summed E-state index contributed by atoms with van der Waals surface area (Å²) in [5, 5.41) is 3.70. The Morgan fingerprint density at radius 2 is 2.13 bits per heavy atom. The van der Waals surface area contributed by atoms with E-state index in [4.69, 9.17) is 19.2 Å². The number of rotatable bonds is 2. The van der Waals surface area contributed by atoms with Crippen LogP contribution in [0.3, 0.4) is 0 Å². The second-order valence-electron chi connectivity index (χ2n) is 8.37. The van der Waals surface area contributed by atoms with Crippen molar-refractivity contribution in [3.63, 3.8) is 0 Å². The lowest BCUT2D eigenvalue weighted by atomic mass is 9.94. The molecular weight excluding hydrogens is 384 g/mol. The third-order valence-corrected chi connectivity index (χ3v) is 5.53. The number of hydrogen-bond donors (Lipinski definition) is 1. The predicted molar refractivity (Wildman–Crippen MR) is 111 cm³/mol. The van der Waals surface area contributed by atoms with Crippen LogP contribution < -0.4 is 10.1 Å². The molecule has 1 atom stereocenters. The summed E-state index contributed by atoms with van der Waals surface area (Å²) >= 11 is 0. The minimum absolute atomic E-state index is 0.161. The number of carbonyl (C=O) groups is 1. The van der Waals surface area contributed by atoms with Crippen molar-refractivity contribution in [1.29, 1.82) is 0 Å². The first-order valence-corrected chi connectivity index (χ1v) is 9.98. The number of pyridine rings is 2. The second kappa shape index (κ2) is 6.52. The van der Waals surface area contributed by atoms with Crippen molar-refractivity contribution < 1.29 is 19.0 Å². The molecule has 1 N–H and O–H groups in total. The topological polar surface area (TPSA) is 87.5 Å². The molecule has 1 amide bonds. The normalized spacial score (nSPS) is 22.1. The Labute approximate surface area is 174 Å². The van der Waals surface area contributed by atoms with Crippen LogP contribution in [0.25, 0.3) is 22.2 Å². The van der Waals surface area contributed by atoms with Crippen LogP contribution in [0.15, 0.2) is 30.6 Å². The Hall–Kier alpha value is -2.97. The van der Waals surface area contributed by atoms with Gasteiger partial charge in [-0.05, 0) is 18.2 Å². The van der Waals surface area contributed by atoms with E-state index < -0.39 is 11.4 Å². The summed E-state index contributed by atoms with van der Waals surface area (Å²) in [5.41, 5.74) is 2.86. The van der Waals surface area contributed by atoms with Gasteiger partial charge in [0, 0.05) is 58.0 Å². The molecule has 0 aromatic carbocycles. The maximum absolute atomic E-state index is 11.5. The van der Waals surface area contributed by atoms with E-state index >= 15 is 0 Å². The van der Waals surface area contributed by atoms with Gasteiger partial charge in [-0.1, -0.05) is 0 Å². The van der Waals surface area contributed by atoms with E-state index in [1.165, 1.54) is 6.92 Å². The van der Waals surface area contributed by atoms with Gasteiger partial charge in [0.05, 0.1) is 24.0 Å². The Balaban J connectivity index is 1.66. The van der Waals surface area contributed by atoms with Crippen LogP contribution in [-0.4, -0.2) is 39.4 Å². The van der Waals surface area contributed by atoms with E-state index in [-0.39, 0.29) is 5.91 Å². The summed E-state index contributed by atoms with van der Waals surface area (Å²) < 4.78 is 20.1. The van der Waals surface area contributed by atoms with E-state index in [9.17, 15) is 4.79 Å². The summed E-state index contributed by atoms with van der Waals surface area (Å²) in [5.74, 6) is 0.324. The molecule has 1 unspecified atom stereocenters. The number of aryl methyl sites for hydroxylation is 1.